The minimum Gasteiger partial charge on any atom is -0.495 e. The minimum atomic E-state index is -3.70. The van der Waals surface area contributed by atoms with Crippen LogP contribution in [0.15, 0.2) is 23.1 Å². The number of benzene rings is 1. The fourth-order valence-electron chi connectivity index (χ4n) is 2.02. The predicted octanol–water partition coefficient (Wildman–Crippen LogP) is 2.14. The van der Waals surface area contributed by atoms with Crippen molar-refractivity contribution >= 4 is 15.7 Å². The zero-order valence-electron chi connectivity index (χ0n) is 11.8. The molecule has 6 nitrogen and oxygen atoms in total. The van der Waals surface area contributed by atoms with Gasteiger partial charge in [-0.25, -0.2) is 8.42 Å². The van der Waals surface area contributed by atoms with E-state index in [9.17, 15) is 8.42 Å². The van der Waals surface area contributed by atoms with E-state index >= 15 is 0 Å². The van der Waals surface area contributed by atoms with Crippen molar-refractivity contribution in [3.05, 3.63) is 35.2 Å². The maximum absolute atomic E-state index is 12.4. The number of H-pyrrole nitrogens is 1. The Kier molecular flexibility index (Phi) is 3.71. The molecule has 0 aliphatic heterocycles. The average molecular weight is 295 g/mol. The summed E-state index contributed by atoms with van der Waals surface area (Å²) < 4.78 is 32.6. The van der Waals surface area contributed by atoms with Crippen LogP contribution in [0.25, 0.3) is 0 Å². The number of hydrogen-bond donors (Lipinski definition) is 2. The topological polar surface area (TPSA) is 84.1 Å². The summed E-state index contributed by atoms with van der Waals surface area (Å²) >= 11 is 0. The third kappa shape index (κ3) is 2.62. The molecule has 0 fully saturated rings. The van der Waals surface area contributed by atoms with Crippen molar-refractivity contribution in [1.82, 2.24) is 10.2 Å². The monoisotopic (exact) mass is 295 g/mol. The Morgan fingerprint density at radius 2 is 1.95 bits per heavy atom. The van der Waals surface area contributed by atoms with Crippen LogP contribution in [0.4, 0.5) is 5.69 Å². The Bertz CT molecular complexity index is 716. The number of ether oxygens (including phenoxy) is 1. The molecule has 2 N–H and O–H groups in total. The maximum atomic E-state index is 12.4. The van der Waals surface area contributed by atoms with Gasteiger partial charge in [0.2, 0.25) is 0 Å². The van der Waals surface area contributed by atoms with Gasteiger partial charge >= 0.3 is 0 Å². The second-order valence-corrected chi connectivity index (χ2v) is 6.19. The smallest absolute Gasteiger partial charge is 0.265 e. The fourth-order valence-corrected chi connectivity index (χ4v) is 3.46. The van der Waals surface area contributed by atoms with E-state index in [1.54, 1.807) is 26.0 Å². The Hall–Kier alpha value is -2.02. The molecule has 0 aliphatic carbocycles. The number of aromatic nitrogens is 2. The summed E-state index contributed by atoms with van der Waals surface area (Å²) in [6.45, 7) is 5.22. The summed E-state index contributed by atoms with van der Waals surface area (Å²) in [6.07, 6.45) is 0. The molecule has 1 aromatic heterocycles. The van der Waals surface area contributed by atoms with Gasteiger partial charge in [0.05, 0.1) is 24.2 Å². The molecule has 0 bridgehead atoms. The summed E-state index contributed by atoms with van der Waals surface area (Å²) in [6, 6.07) is 5.26. The summed E-state index contributed by atoms with van der Waals surface area (Å²) in [4.78, 5) is 0.167. The van der Waals surface area contributed by atoms with Gasteiger partial charge in [0.1, 0.15) is 10.6 Å². The second-order valence-electron chi connectivity index (χ2n) is 4.57. The maximum Gasteiger partial charge on any atom is 0.265 e. The molecule has 1 heterocycles. The molecule has 1 aromatic carbocycles. The lowest BCUT2D eigenvalue weighted by Crippen LogP contribution is -2.15. The molecule has 108 valence electrons. The van der Waals surface area contributed by atoms with E-state index in [2.05, 4.69) is 14.9 Å². The zero-order valence-corrected chi connectivity index (χ0v) is 12.6. The van der Waals surface area contributed by atoms with Crippen LogP contribution in [0.3, 0.4) is 0 Å². The number of hydrogen-bond acceptors (Lipinski definition) is 4. The molecule has 0 spiro atoms. The normalized spacial score (nSPS) is 11.4. The number of nitrogens with one attached hydrogen (secondary N) is 2. The Morgan fingerprint density at radius 1 is 1.25 bits per heavy atom. The number of anilines is 1. The molecule has 2 rings (SSSR count). The molecule has 2 aromatic rings. The second kappa shape index (κ2) is 5.16. The average Bonchev–Trinajstić information content (AvgIpc) is 2.71. The van der Waals surface area contributed by atoms with Crippen molar-refractivity contribution < 1.29 is 13.2 Å². The van der Waals surface area contributed by atoms with Gasteiger partial charge in [-0.1, -0.05) is 6.07 Å². The Balaban J connectivity index is 2.44. The van der Waals surface area contributed by atoms with E-state index in [4.69, 9.17) is 4.74 Å². The number of sulfonamides is 1. The Morgan fingerprint density at radius 3 is 2.50 bits per heavy atom. The van der Waals surface area contributed by atoms with Gasteiger partial charge in [-0.15, -0.1) is 0 Å². The van der Waals surface area contributed by atoms with Crippen molar-refractivity contribution in [1.29, 1.82) is 0 Å². The molecular formula is C13H17N3O3S. The summed E-state index contributed by atoms with van der Waals surface area (Å²) in [5.74, 6) is 0.479. The fraction of sp³-hybridized carbons (Fsp3) is 0.308. The first-order valence-electron chi connectivity index (χ1n) is 6.04. The molecular weight excluding hydrogens is 278 g/mol. The van der Waals surface area contributed by atoms with E-state index in [-0.39, 0.29) is 4.90 Å². The first kappa shape index (κ1) is 14.4. The number of nitrogens with zero attached hydrogens (tertiary/aromatic N) is 1. The Labute approximate surface area is 118 Å². The zero-order chi connectivity index (χ0) is 14.9. The lowest BCUT2D eigenvalue weighted by atomic mass is 10.2. The van der Waals surface area contributed by atoms with Crippen molar-refractivity contribution in [2.45, 2.75) is 25.7 Å². The highest BCUT2D eigenvalue weighted by Gasteiger charge is 2.23. The lowest BCUT2D eigenvalue weighted by molar-refractivity contribution is 0.416. The number of aromatic amines is 1. The minimum absolute atomic E-state index is 0.167. The summed E-state index contributed by atoms with van der Waals surface area (Å²) in [5.41, 5.74) is 2.32. The summed E-state index contributed by atoms with van der Waals surface area (Å²) in [5, 5.41) is 6.57. The number of methoxy groups -OCH3 is 1. The van der Waals surface area contributed by atoms with Gasteiger partial charge in [-0.2, -0.15) is 5.10 Å². The first-order chi connectivity index (χ1) is 9.35. The number of aryl methyl sites for hydroxylation is 3. The van der Waals surface area contributed by atoms with Crippen molar-refractivity contribution in [3.63, 3.8) is 0 Å². The standard InChI is InChI=1S/C13H17N3O3S/c1-8-5-6-11(12(7-8)19-4)16-20(17,18)13-9(2)14-15-10(13)3/h5-7,16H,1-4H3,(H,14,15). The highest BCUT2D eigenvalue weighted by atomic mass is 32.2. The SMILES string of the molecule is COc1cc(C)ccc1NS(=O)(=O)c1c(C)n[nH]c1C. The highest BCUT2D eigenvalue weighted by Crippen LogP contribution is 2.28. The van der Waals surface area contributed by atoms with Crippen LogP contribution in [-0.2, 0) is 10.0 Å². The molecule has 0 amide bonds. The molecule has 0 saturated heterocycles. The van der Waals surface area contributed by atoms with Gasteiger partial charge in [0.15, 0.2) is 0 Å². The van der Waals surface area contributed by atoms with E-state index in [1.807, 2.05) is 13.0 Å². The van der Waals surface area contributed by atoms with Crippen LogP contribution >= 0.6 is 0 Å². The molecule has 0 atom stereocenters. The highest BCUT2D eigenvalue weighted by molar-refractivity contribution is 7.92. The lowest BCUT2D eigenvalue weighted by Gasteiger charge is -2.12. The molecule has 20 heavy (non-hydrogen) atoms. The molecule has 0 unspecified atom stereocenters. The van der Waals surface area contributed by atoms with Crippen LogP contribution in [-0.4, -0.2) is 25.7 Å². The van der Waals surface area contributed by atoms with Gasteiger partial charge in [0, 0.05) is 0 Å². The third-order valence-corrected chi connectivity index (χ3v) is 4.56. The van der Waals surface area contributed by atoms with Crippen LogP contribution in [0.5, 0.6) is 5.75 Å². The largest absolute Gasteiger partial charge is 0.495 e. The van der Waals surface area contributed by atoms with Gasteiger partial charge in [-0.3, -0.25) is 9.82 Å². The van der Waals surface area contributed by atoms with Gasteiger partial charge in [-0.05, 0) is 38.5 Å². The first-order valence-corrected chi connectivity index (χ1v) is 7.52. The molecule has 0 aliphatic rings. The van der Waals surface area contributed by atoms with E-state index in [0.29, 0.717) is 22.8 Å². The van der Waals surface area contributed by atoms with Crippen LogP contribution in [0, 0.1) is 20.8 Å². The summed E-state index contributed by atoms with van der Waals surface area (Å²) in [7, 11) is -2.20. The van der Waals surface area contributed by atoms with Crippen molar-refractivity contribution in [3.8, 4) is 5.75 Å². The van der Waals surface area contributed by atoms with Gasteiger partial charge < -0.3 is 4.74 Å². The van der Waals surface area contributed by atoms with E-state index < -0.39 is 10.0 Å². The third-order valence-electron chi connectivity index (χ3n) is 2.93. The van der Waals surface area contributed by atoms with Crippen LogP contribution < -0.4 is 9.46 Å². The molecule has 7 heteroatoms. The van der Waals surface area contributed by atoms with Crippen LogP contribution in [0.1, 0.15) is 17.0 Å². The van der Waals surface area contributed by atoms with E-state index in [1.165, 1.54) is 7.11 Å². The molecule has 0 radical (unpaired) electrons. The van der Waals surface area contributed by atoms with Crippen molar-refractivity contribution in [2.75, 3.05) is 11.8 Å². The predicted molar refractivity (Wildman–Crippen MR) is 76.6 cm³/mol. The van der Waals surface area contributed by atoms with E-state index in [0.717, 1.165) is 5.56 Å². The van der Waals surface area contributed by atoms with Crippen LogP contribution in [0.2, 0.25) is 0 Å². The number of rotatable bonds is 4. The quantitative estimate of drug-likeness (QED) is 0.905. The molecule has 0 saturated carbocycles. The van der Waals surface area contributed by atoms with Crippen molar-refractivity contribution in [2.24, 2.45) is 0 Å². The van der Waals surface area contributed by atoms with Gasteiger partial charge in [0.25, 0.3) is 10.0 Å².